The topological polar surface area (TPSA) is 55.6 Å². The summed E-state index contributed by atoms with van der Waals surface area (Å²) in [6, 6.07) is 6.02. The van der Waals surface area contributed by atoms with Crippen molar-refractivity contribution in [2.75, 3.05) is 5.32 Å². The number of nitrogens with zero attached hydrogens (tertiary/aromatic N) is 4. The lowest BCUT2D eigenvalue weighted by atomic mass is 10.2. The summed E-state index contributed by atoms with van der Waals surface area (Å²) in [6.07, 6.45) is 1.91. The zero-order valence-electron chi connectivity index (χ0n) is 12.9. The second kappa shape index (κ2) is 5.71. The van der Waals surface area contributed by atoms with Gasteiger partial charge in [-0.05, 0) is 25.0 Å². The maximum absolute atomic E-state index is 14.1. The van der Waals surface area contributed by atoms with Gasteiger partial charge < -0.3 is 9.88 Å². The fraction of sp³-hybridized carbons (Fsp3) is 0.312. The maximum atomic E-state index is 14.1. The van der Waals surface area contributed by atoms with Crippen molar-refractivity contribution in [3.63, 3.8) is 0 Å². The van der Waals surface area contributed by atoms with Crippen LogP contribution in [0.4, 0.5) is 10.2 Å². The molecule has 0 saturated carbocycles. The first-order valence-electron chi connectivity index (χ1n) is 7.26. The van der Waals surface area contributed by atoms with Crippen molar-refractivity contribution in [2.24, 2.45) is 7.05 Å². The van der Waals surface area contributed by atoms with Gasteiger partial charge in [-0.3, -0.25) is 0 Å². The minimum absolute atomic E-state index is 0.218. The number of anilines is 1. The van der Waals surface area contributed by atoms with Crippen molar-refractivity contribution >= 4 is 16.9 Å². The normalized spacial score (nSPS) is 11.1. The maximum Gasteiger partial charge on any atom is 0.186 e. The molecule has 0 atom stereocenters. The monoisotopic (exact) mass is 299 g/mol. The average molecular weight is 299 g/mol. The molecule has 2 heterocycles. The molecule has 5 nitrogen and oxygen atoms in total. The minimum atomic E-state index is -0.389. The van der Waals surface area contributed by atoms with E-state index in [2.05, 4.69) is 33.3 Å². The molecule has 0 aliphatic carbocycles. The van der Waals surface area contributed by atoms with Crippen LogP contribution in [0.3, 0.4) is 0 Å². The van der Waals surface area contributed by atoms with E-state index in [4.69, 9.17) is 0 Å². The summed E-state index contributed by atoms with van der Waals surface area (Å²) < 4.78 is 16.2. The zero-order chi connectivity index (χ0) is 15.7. The number of aromatic nitrogens is 4. The molecular formula is C16H18FN5. The molecule has 114 valence electrons. The Morgan fingerprint density at radius 2 is 2.09 bits per heavy atom. The van der Waals surface area contributed by atoms with Gasteiger partial charge in [-0.1, -0.05) is 19.1 Å². The molecule has 1 N–H and O–H groups in total. The van der Waals surface area contributed by atoms with E-state index in [9.17, 15) is 4.39 Å². The van der Waals surface area contributed by atoms with E-state index in [1.54, 1.807) is 0 Å². The van der Waals surface area contributed by atoms with E-state index < -0.39 is 0 Å². The van der Waals surface area contributed by atoms with Crippen molar-refractivity contribution in [1.82, 2.24) is 19.5 Å². The van der Waals surface area contributed by atoms with Crippen LogP contribution in [0.25, 0.3) is 11.0 Å². The zero-order valence-corrected chi connectivity index (χ0v) is 12.9. The van der Waals surface area contributed by atoms with E-state index in [0.717, 1.165) is 16.9 Å². The Kier molecular flexibility index (Phi) is 3.75. The Morgan fingerprint density at radius 1 is 1.27 bits per heavy atom. The molecule has 6 heteroatoms. The van der Waals surface area contributed by atoms with Crippen LogP contribution >= 0.6 is 0 Å². The van der Waals surface area contributed by atoms with Crippen LogP contribution in [0.1, 0.15) is 24.0 Å². The van der Waals surface area contributed by atoms with Gasteiger partial charge in [-0.2, -0.15) is 0 Å². The Bertz CT molecular complexity index is 825. The predicted molar refractivity (Wildman–Crippen MR) is 84.1 cm³/mol. The molecule has 2 aromatic heterocycles. The Morgan fingerprint density at radius 3 is 2.82 bits per heavy atom. The van der Waals surface area contributed by atoms with Crippen molar-refractivity contribution in [3.8, 4) is 0 Å². The fourth-order valence-corrected chi connectivity index (χ4v) is 2.61. The summed E-state index contributed by atoms with van der Waals surface area (Å²) in [5.41, 5.74) is 3.62. The molecule has 1 aromatic carbocycles. The number of para-hydroxylation sites is 1. The molecule has 0 radical (unpaired) electrons. The van der Waals surface area contributed by atoms with Gasteiger partial charge in [0.2, 0.25) is 0 Å². The Hall–Kier alpha value is -2.50. The summed E-state index contributed by atoms with van der Waals surface area (Å²) in [5, 5.41) is 3.02. The molecule has 3 aromatic rings. The highest BCUT2D eigenvalue weighted by molar-refractivity contribution is 5.79. The first-order chi connectivity index (χ1) is 10.6. The van der Waals surface area contributed by atoms with Crippen molar-refractivity contribution in [1.29, 1.82) is 0 Å². The molecule has 0 unspecified atom stereocenters. The third kappa shape index (κ3) is 2.41. The number of nitrogens with one attached hydrogen (secondary N) is 1. The van der Waals surface area contributed by atoms with Gasteiger partial charge in [0.25, 0.3) is 0 Å². The molecule has 3 rings (SSSR count). The van der Waals surface area contributed by atoms with Crippen LogP contribution in [-0.4, -0.2) is 19.5 Å². The van der Waals surface area contributed by atoms with Gasteiger partial charge in [0.05, 0.1) is 23.3 Å². The fourth-order valence-electron chi connectivity index (χ4n) is 2.61. The average Bonchev–Trinajstić information content (AvgIpc) is 2.84. The van der Waals surface area contributed by atoms with E-state index in [0.29, 0.717) is 18.7 Å². The number of rotatable bonds is 4. The third-order valence-corrected chi connectivity index (χ3v) is 3.80. The molecule has 0 fully saturated rings. The van der Waals surface area contributed by atoms with Crippen molar-refractivity contribution in [3.05, 3.63) is 47.4 Å². The number of aryl methyl sites for hydroxylation is 3. The number of imidazole rings is 1. The highest BCUT2D eigenvalue weighted by atomic mass is 19.1. The second-order valence-corrected chi connectivity index (χ2v) is 5.22. The summed E-state index contributed by atoms with van der Waals surface area (Å²) in [6.45, 7) is 4.32. The predicted octanol–water partition coefficient (Wildman–Crippen LogP) is 2.99. The van der Waals surface area contributed by atoms with Gasteiger partial charge in [0.1, 0.15) is 12.2 Å². The van der Waals surface area contributed by atoms with Gasteiger partial charge >= 0.3 is 0 Å². The van der Waals surface area contributed by atoms with Gasteiger partial charge in [0.15, 0.2) is 11.6 Å². The lowest BCUT2D eigenvalue weighted by Crippen LogP contribution is -2.10. The lowest BCUT2D eigenvalue weighted by molar-refractivity contribution is 0.596. The van der Waals surface area contributed by atoms with E-state index in [1.165, 1.54) is 11.9 Å². The van der Waals surface area contributed by atoms with Crippen LogP contribution in [0.5, 0.6) is 0 Å². The molecule has 0 aliphatic heterocycles. The molecule has 0 amide bonds. The quantitative estimate of drug-likeness (QED) is 0.804. The first kappa shape index (κ1) is 14.4. The molecule has 0 saturated heterocycles. The molecular weight excluding hydrogens is 281 g/mol. The van der Waals surface area contributed by atoms with E-state index in [1.807, 2.05) is 30.7 Å². The summed E-state index contributed by atoms with van der Waals surface area (Å²) in [7, 11) is 1.97. The van der Waals surface area contributed by atoms with E-state index >= 15 is 0 Å². The van der Waals surface area contributed by atoms with Crippen LogP contribution < -0.4 is 5.32 Å². The highest BCUT2D eigenvalue weighted by Crippen LogP contribution is 2.20. The van der Waals surface area contributed by atoms with Crippen LogP contribution in [0.2, 0.25) is 0 Å². The van der Waals surface area contributed by atoms with Crippen molar-refractivity contribution in [2.45, 2.75) is 26.8 Å². The first-order valence-corrected chi connectivity index (χ1v) is 7.26. The summed E-state index contributed by atoms with van der Waals surface area (Å²) in [5.74, 6) is 0.663. The standard InChI is InChI=1S/C16H18FN5/c1-4-11-14(17)16(20-9-19-11)18-8-13-21-12-7-5-6-10(2)15(12)22(13)3/h5-7,9H,4,8H2,1-3H3,(H,18,19,20). The number of benzene rings is 1. The summed E-state index contributed by atoms with van der Waals surface area (Å²) >= 11 is 0. The minimum Gasteiger partial charge on any atom is -0.360 e. The molecule has 22 heavy (non-hydrogen) atoms. The van der Waals surface area contributed by atoms with Gasteiger partial charge in [-0.15, -0.1) is 0 Å². The molecule has 0 bridgehead atoms. The van der Waals surface area contributed by atoms with Crippen LogP contribution in [0.15, 0.2) is 24.5 Å². The SMILES string of the molecule is CCc1ncnc(NCc2nc3cccc(C)c3n2C)c1F. The number of hydrogen-bond acceptors (Lipinski definition) is 4. The Balaban J connectivity index is 1.89. The highest BCUT2D eigenvalue weighted by Gasteiger charge is 2.12. The molecule has 0 spiro atoms. The number of halogens is 1. The van der Waals surface area contributed by atoms with Gasteiger partial charge in [-0.25, -0.2) is 19.3 Å². The van der Waals surface area contributed by atoms with E-state index in [-0.39, 0.29) is 11.6 Å². The van der Waals surface area contributed by atoms with Crippen LogP contribution in [-0.2, 0) is 20.0 Å². The second-order valence-electron chi connectivity index (χ2n) is 5.22. The summed E-state index contributed by atoms with van der Waals surface area (Å²) in [4.78, 5) is 12.5. The smallest absolute Gasteiger partial charge is 0.186 e. The molecule has 0 aliphatic rings. The Labute approximate surface area is 128 Å². The number of hydrogen-bond donors (Lipinski definition) is 1. The van der Waals surface area contributed by atoms with Crippen LogP contribution in [0, 0.1) is 12.7 Å². The largest absolute Gasteiger partial charge is 0.360 e. The number of fused-ring (bicyclic) bond motifs is 1. The third-order valence-electron chi connectivity index (χ3n) is 3.80. The van der Waals surface area contributed by atoms with Crippen molar-refractivity contribution < 1.29 is 4.39 Å². The van der Waals surface area contributed by atoms with Gasteiger partial charge in [0, 0.05) is 7.05 Å². The lowest BCUT2D eigenvalue weighted by Gasteiger charge is -2.08.